The lowest BCUT2D eigenvalue weighted by molar-refractivity contribution is 0.746. The summed E-state index contributed by atoms with van der Waals surface area (Å²) in [7, 11) is 0. The molecule has 0 saturated heterocycles. The Morgan fingerprint density at radius 2 is 2.27 bits per heavy atom. The van der Waals surface area contributed by atoms with Crippen molar-refractivity contribution in [2.24, 2.45) is 4.99 Å². The fourth-order valence-corrected chi connectivity index (χ4v) is 1.32. The first-order chi connectivity index (χ1) is 7.24. The number of hydrogen-bond donors (Lipinski definition) is 1. The van der Waals surface area contributed by atoms with Crippen molar-refractivity contribution in [3.05, 3.63) is 18.0 Å². The Kier molecular flexibility index (Phi) is 4.81. The first kappa shape index (κ1) is 11.7. The number of anilines is 1. The van der Waals surface area contributed by atoms with Crippen molar-refractivity contribution in [2.45, 2.75) is 39.5 Å². The molecule has 1 heterocycles. The molecule has 0 radical (unpaired) electrons. The molecule has 82 valence electrons. The van der Waals surface area contributed by atoms with Crippen molar-refractivity contribution < 1.29 is 0 Å². The number of unbranched alkanes of at least 4 members (excludes halogenated alkanes) is 3. The number of hydrogen-bond acceptors (Lipinski definition) is 3. The molecule has 3 nitrogen and oxygen atoms in total. The molecule has 15 heavy (non-hydrogen) atoms. The Bertz CT molecular complexity index is 332. The smallest absolute Gasteiger partial charge is 0.0858 e. The zero-order chi connectivity index (χ0) is 11.1. The molecule has 0 spiro atoms. The molecular weight excluding hydrogens is 186 g/mol. The lowest BCUT2D eigenvalue weighted by Gasteiger charge is -2.00. The highest BCUT2D eigenvalue weighted by Crippen LogP contribution is 2.18. The number of rotatable bonds is 5. The summed E-state index contributed by atoms with van der Waals surface area (Å²) in [6.45, 7) is 4.14. The highest BCUT2D eigenvalue weighted by atomic mass is 14.8. The summed E-state index contributed by atoms with van der Waals surface area (Å²) in [4.78, 5) is 8.53. The summed E-state index contributed by atoms with van der Waals surface area (Å²) in [6.07, 6.45) is 8.36. The average Bonchev–Trinajstić information content (AvgIpc) is 2.23. The number of aromatic nitrogens is 1. The van der Waals surface area contributed by atoms with E-state index in [1.165, 1.54) is 19.3 Å². The molecule has 0 bridgehead atoms. The van der Waals surface area contributed by atoms with E-state index < -0.39 is 0 Å². The van der Waals surface area contributed by atoms with Crippen LogP contribution in [0.5, 0.6) is 0 Å². The zero-order valence-corrected chi connectivity index (χ0v) is 9.53. The van der Waals surface area contributed by atoms with E-state index in [2.05, 4.69) is 16.9 Å². The topological polar surface area (TPSA) is 51.3 Å². The van der Waals surface area contributed by atoms with Crippen LogP contribution in [0.25, 0.3) is 0 Å². The number of nitrogens with two attached hydrogens (primary N) is 1. The number of aliphatic imine (C=N–C) groups is 1. The van der Waals surface area contributed by atoms with Gasteiger partial charge in [-0.3, -0.25) is 9.98 Å². The molecule has 0 unspecified atom stereocenters. The van der Waals surface area contributed by atoms with Crippen LogP contribution in [0, 0.1) is 6.92 Å². The SMILES string of the molecule is CCCCCC=Nc1cc(N)cnc1C. The van der Waals surface area contributed by atoms with Gasteiger partial charge in [-0.2, -0.15) is 0 Å². The van der Waals surface area contributed by atoms with Crippen LogP contribution in [0.3, 0.4) is 0 Å². The average molecular weight is 205 g/mol. The van der Waals surface area contributed by atoms with Gasteiger partial charge in [-0.05, 0) is 25.8 Å². The normalized spacial score (nSPS) is 11.1. The van der Waals surface area contributed by atoms with Gasteiger partial charge in [0.25, 0.3) is 0 Å². The maximum Gasteiger partial charge on any atom is 0.0858 e. The summed E-state index contributed by atoms with van der Waals surface area (Å²) in [5.74, 6) is 0. The molecule has 0 aliphatic heterocycles. The van der Waals surface area contributed by atoms with Crippen LogP contribution in [-0.4, -0.2) is 11.2 Å². The molecule has 0 aliphatic carbocycles. The van der Waals surface area contributed by atoms with E-state index in [9.17, 15) is 0 Å². The number of pyridine rings is 1. The third kappa shape index (κ3) is 4.11. The van der Waals surface area contributed by atoms with Crippen molar-refractivity contribution in [1.82, 2.24) is 4.98 Å². The Hall–Kier alpha value is -1.38. The predicted molar refractivity (Wildman–Crippen MR) is 65.7 cm³/mol. The Balaban J connectivity index is 2.52. The van der Waals surface area contributed by atoms with Gasteiger partial charge in [-0.1, -0.05) is 19.8 Å². The number of aryl methyl sites for hydroxylation is 1. The Morgan fingerprint density at radius 1 is 1.47 bits per heavy atom. The maximum atomic E-state index is 5.64. The second kappa shape index (κ2) is 6.17. The van der Waals surface area contributed by atoms with E-state index in [-0.39, 0.29) is 0 Å². The summed E-state index contributed by atoms with van der Waals surface area (Å²) in [6, 6.07) is 1.86. The monoisotopic (exact) mass is 205 g/mol. The van der Waals surface area contributed by atoms with Gasteiger partial charge in [-0.15, -0.1) is 0 Å². The van der Waals surface area contributed by atoms with Gasteiger partial charge in [0.2, 0.25) is 0 Å². The molecule has 0 aliphatic rings. The van der Waals surface area contributed by atoms with E-state index in [0.717, 1.165) is 17.8 Å². The van der Waals surface area contributed by atoms with Gasteiger partial charge < -0.3 is 5.73 Å². The van der Waals surface area contributed by atoms with Gasteiger partial charge in [0.15, 0.2) is 0 Å². The van der Waals surface area contributed by atoms with Crippen LogP contribution in [0.15, 0.2) is 17.3 Å². The van der Waals surface area contributed by atoms with Gasteiger partial charge >= 0.3 is 0 Å². The molecule has 0 saturated carbocycles. The van der Waals surface area contributed by atoms with E-state index in [1.54, 1.807) is 6.20 Å². The molecule has 3 heteroatoms. The molecule has 1 aromatic heterocycles. The highest BCUT2D eigenvalue weighted by Gasteiger charge is 1.96. The fourth-order valence-electron chi connectivity index (χ4n) is 1.32. The highest BCUT2D eigenvalue weighted by molar-refractivity contribution is 5.65. The summed E-state index contributed by atoms with van der Waals surface area (Å²) in [5.41, 5.74) is 8.12. The molecule has 2 N–H and O–H groups in total. The van der Waals surface area contributed by atoms with Gasteiger partial charge in [0.05, 0.1) is 23.3 Å². The standard InChI is InChI=1S/C12H19N3/c1-3-4-5-6-7-14-12-8-11(13)9-15-10(12)2/h7-9H,3-6,13H2,1-2H3. The minimum atomic E-state index is 0.668. The summed E-state index contributed by atoms with van der Waals surface area (Å²) in [5, 5.41) is 0. The quantitative estimate of drug-likeness (QED) is 0.592. The molecule has 1 rings (SSSR count). The molecule has 0 aromatic carbocycles. The third-order valence-corrected chi connectivity index (χ3v) is 2.25. The second-order valence-corrected chi connectivity index (χ2v) is 3.68. The Labute approximate surface area is 91.4 Å². The minimum Gasteiger partial charge on any atom is -0.397 e. The molecule has 0 atom stereocenters. The van der Waals surface area contributed by atoms with E-state index in [1.807, 2.05) is 19.2 Å². The van der Waals surface area contributed by atoms with Crippen molar-refractivity contribution >= 4 is 17.6 Å². The first-order valence-electron chi connectivity index (χ1n) is 5.48. The van der Waals surface area contributed by atoms with E-state index >= 15 is 0 Å². The molecular formula is C12H19N3. The second-order valence-electron chi connectivity index (χ2n) is 3.68. The van der Waals surface area contributed by atoms with Crippen LogP contribution in [0.1, 0.15) is 38.3 Å². The number of nitrogens with zero attached hydrogens (tertiary/aromatic N) is 2. The first-order valence-corrected chi connectivity index (χ1v) is 5.48. The molecule has 0 amide bonds. The van der Waals surface area contributed by atoms with Gasteiger partial charge in [0, 0.05) is 6.21 Å². The fraction of sp³-hybridized carbons (Fsp3) is 0.500. The maximum absolute atomic E-state index is 5.64. The lowest BCUT2D eigenvalue weighted by Crippen LogP contribution is -1.88. The van der Waals surface area contributed by atoms with Crippen LogP contribution in [0.4, 0.5) is 11.4 Å². The summed E-state index contributed by atoms with van der Waals surface area (Å²) >= 11 is 0. The van der Waals surface area contributed by atoms with Crippen LogP contribution in [0.2, 0.25) is 0 Å². The van der Waals surface area contributed by atoms with Crippen molar-refractivity contribution in [3.63, 3.8) is 0 Å². The van der Waals surface area contributed by atoms with Crippen molar-refractivity contribution in [2.75, 3.05) is 5.73 Å². The molecule has 1 aromatic rings. The van der Waals surface area contributed by atoms with Crippen molar-refractivity contribution in [3.8, 4) is 0 Å². The van der Waals surface area contributed by atoms with Gasteiger partial charge in [-0.25, -0.2) is 0 Å². The third-order valence-electron chi connectivity index (χ3n) is 2.25. The largest absolute Gasteiger partial charge is 0.397 e. The van der Waals surface area contributed by atoms with E-state index in [0.29, 0.717) is 5.69 Å². The van der Waals surface area contributed by atoms with E-state index in [4.69, 9.17) is 5.73 Å². The number of nitrogen functional groups attached to an aromatic ring is 1. The predicted octanol–water partition coefficient (Wildman–Crippen LogP) is 3.25. The van der Waals surface area contributed by atoms with Gasteiger partial charge in [0.1, 0.15) is 0 Å². The van der Waals surface area contributed by atoms with Crippen molar-refractivity contribution in [1.29, 1.82) is 0 Å². The molecule has 0 fully saturated rings. The Morgan fingerprint density at radius 3 is 3.00 bits per heavy atom. The minimum absolute atomic E-state index is 0.668. The van der Waals surface area contributed by atoms with Crippen LogP contribution in [-0.2, 0) is 0 Å². The zero-order valence-electron chi connectivity index (χ0n) is 9.53. The van der Waals surface area contributed by atoms with Crippen LogP contribution >= 0.6 is 0 Å². The lowest BCUT2D eigenvalue weighted by atomic mass is 10.2. The van der Waals surface area contributed by atoms with Crippen LogP contribution < -0.4 is 5.73 Å². The summed E-state index contributed by atoms with van der Waals surface area (Å²) < 4.78 is 0.